The minimum Gasteiger partial charge on any atom is -0.495 e. The fourth-order valence-corrected chi connectivity index (χ4v) is 4.63. The van der Waals surface area contributed by atoms with Gasteiger partial charge in [-0.2, -0.15) is 0 Å². The number of hydrogen-bond donors (Lipinski definition) is 4. The molecule has 2 aromatic rings. The van der Waals surface area contributed by atoms with Crippen LogP contribution in [-0.2, 0) is 25.5 Å². The summed E-state index contributed by atoms with van der Waals surface area (Å²) in [5, 5.41) is 25.4. The predicted octanol–water partition coefficient (Wildman–Crippen LogP) is 3.30. The first kappa shape index (κ1) is 30.1. The number of aliphatic carboxylic acids is 1. The summed E-state index contributed by atoms with van der Waals surface area (Å²) >= 11 is 6.22. The smallest absolute Gasteiger partial charge is 0.308 e. The Morgan fingerprint density at radius 1 is 1.18 bits per heavy atom. The maximum absolute atomic E-state index is 12.9. The molecule has 0 aliphatic carbocycles. The molecule has 39 heavy (non-hydrogen) atoms. The second-order valence-corrected chi connectivity index (χ2v) is 10.1. The van der Waals surface area contributed by atoms with Gasteiger partial charge in [0.1, 0.15) is 17.9 Å². The van der Waals surface area contributed by atoms with E-state index in [0.29, 0.717) is 22.8 Å². The third kappa shape index (κ3) is 8.29. The molecular weight excluding hydrogens is 524 g/mol. The first-order valence-electron chi connectivity index (χ1n) is 12.8. The number of halogens is 1. The molecule has 1 aliphatic heterocycles. The number of aliphatic hydroxyl groups excluding tert-OH is 1. The van der Waals surface area contributed by atoms with Crippen LogP contribution in [0.4, 0.5) is 0 Å². The third-order valence-corrected chi connectivity index (χ3v) is 7.11. The van der Waals surface area contributed by atoms with Crippen molar-refractivity contribution in [3.05, 3.63) is 76.8 Å². The van der Waals surface area contributed by atoms with Gasteiger partial charge in [-0.15, -0.1) is 0 Å². The lowest BCUT2D eigenvalue weighted by Crippen LogP contribution is -2.48. The lowest BCUT2D eigenvalue weighted by Gasteiger charge is -2.19. The summed E-state index contributed by atoms with van der Waals surface area (Å²) in [5.74, 6) is -2.50. The van der Waals surface area contributed by atoms with Gasteiger partial charge in [0.15, 0.2) is 0 Å². The van der Waals surface area contributed by atoms with Crippen LogP contribution in [0, 0.1) is 11.8 Å². The van der Waals surface area contributed by atoms with Gasteiger partial charge in [-0.3, -0.25) is 14.4 Å². The minimum absolute atomic E-state index is 0.0818. The van der Waals surface area contributed by atoms with Crippen LogP contribution >= 0.6 is 11.6 Å². The van der Waals surface area contributed by atoms with Crippen molar-refractivity contribution in [2.24, 2.45) is 11.8 Å². The van der Waals surface area contributed by atoms with Crippen molar-refractivity contribution >= 4 is 29.4 Å². The van der Waals surface area contributed by atoms with E-state index in [1.165, 1.54) is 20.1 Å². The molecule has 4 N–H and O–H groups in total. The molecule has 210 valence electrons. The molecule has 0 bridgehead atoms. The van der Waals surface area contributed by atoms with Gasteiger partial charge in [-0.1, -0.05) is 67.9 Å². The minimum atomic E-state index is -1.04. The average Bonchev–Trinajstić information content (AvgIpc) is 3.20. The molecule has 9 nitrogen and oxygen atoms in total. The molecule has 4 unspecified atom stereocenters. The van der Waals surface area contributed by atoms with Crippen LogP contribution in [0.25, 0.3) is 0 Å². The number of benzene rings is 2. The number of aliphatic hydroxyl groups is 1. The molecule has 2 aromatic carbocycles. The number of carbonyl (C=O) groups is 3. The number of carbonyl (C=O) groups excluding carboxylic acids is 2. The highest BCUT2D eigenvalue weighted by Crippen LogP contribution is 2.38. The molecule has 3 rings (SSSR count). The molecule has 0 aromatic heterocycles. The van der Waals surface area contributed by atoms with Crippen LogP contribution in [-0.4, -0.2) is 59.9 Å². The van der Waals surface area contributed by atoms with E-state index < -0.39 is 42.0 Å². The molecule has 0 saturated carbocycles. The summed E-state index contributed by atoms with van der Waals surface area (Å²) in [5.41, 5.74) is 1.58. The quantitative estimate of drug-likeness (QED) is 0.294. The van der Waals surface area contributed by atoms with E-state index in [1.54, 1.807) is 24.3 Å². The van der Waals surface area contributed by atoms with Crippen LogP contribution in [0.3, 0.4) is 0 Å². The molecule has 1 aliphatic rings. The van der Waals surface area contributed by atoms with E-state index in [9.17, 15) is 19.5 Å². The SMILES string of the molecule is COc1ccc(C[C@@H](NC(=O)/C=C/CC2OC(c3ccccc3)C(O)C2C)C(=O)NC[C@H](C)C(=O)O)cc1Cl. The van der Waals surface area contributed by atoms with Crippen molar-refractivity contribution in [2.75, 3.05) is 13.7 Å². The molecule has 1 saturated heterocycles. The third-order valence-electron chi connectivity index (χ3n) is 6.82. The van der Waals surface area contributed by atoms with Gasteiger partial charge < -0.3 is 30.3 Å². The standard InChI is InChI=1S/C29H35ClN2O7/c1-17(29(36)37)16-31-28(35)22(15-19-12-13-24(38-3)21(30)14-19)32-25(33)11-7-10-23-18(2)26(34)27(39-23)20-8-5-4-6-9-20/h4-9,11-14,17-18,22-23,26-27,34H,10,15-16H2,1-3H3,(H,31,35)(H,32,33)(H,36,37)/b11-7+/t17-,18?,22+,23?,26?,27?/m0/s1. The van der Waals surface area contributed by atoms with Gasteiger partial charge in [0.2, 0.25) is 11.8 Å². The summed E-state index contributed by atoms with van der Waals surface area (Å²) in [6, 6.07) is 13.6. The van der Waals surface area contributed by atoms with E-state index in [4.69, 9.17) is 26.2 Å². The van der Waals surface area contributed by atoms with Gasteiger partial charge in [-0.25, -0.2) is 0 Å². The topological polar surface area (TPSA) is 134 Å². The van der Waals surface area contributed by atoms with Crippen molar-refractivity contribution in [1.29, 1.82) is 0 Å². The van der Waals surface area contributed by atoms with Crippen molar-refractivity contribution in [3.8, 4) is 5.75 Å². The molecule has 6 atom stereocenters. The second-order valence-electron chi connectivity index (χ2n) is 9.71. The van der Waals surface area contributed by atoms with Crippen molar-refractivity contribution < 1.29 is 34.1 Å². The summed E-state index contributed by atoms with van der Waals surface area (Å²) in [4.78, 5) is 36.8. The molecule has 2 amide bonds. The van der Waals surface area contributed by atoms with E-state index in [2.05, 4.69) is 10.6 Å². The van der Waals surface area contributed by atoms with E-state index >= 15 is 0 Å². The van der Waals surface area contributed by atoms with Crippen molar-refractivity contribution in [1.82, 2.24) is 10.6 Å². The summed E-state index contributed by atoms with van der Waals surface area (Å²) in [7, 11) is 1.49. The Morgan fingerprint density at radius 2 is 1.90 bits per heavy atom. The Morgan fingerprint density at radius 3 is 2.54 bits per heavy atom. The van der Waals surface area contributed by atoms with Crippen LogP contribution in [0.5, 0.6) is 5.75 Å². The monoisotopic (exact) mass is 558 g/mol. The molecule has 1 heterocycles. The number of carboxylic acid groups (broad SMARTS) is 1. The highest BCUT2D eigenvalue weighted by atomic mass is 35.5. The Balaban J connectivity index is 1.64. The highest BCUT2D eigenvalue weighted by Gasteiger charge is 2.40. The first-order chi connectivity index (χ1) is 18.6. The molecule has 1 fully saturated rings. The lowest BCUT2D eigenvalue weighted by atomic mass is 9.94. The fraction of sp³-hybridized carbons (Fsp3) is 0.414. The van der Waals surface area contributed by atoms with E-state index in [-0.39, 0.29) is 25.0 Å². The zero-order valence-electron chi connectivity index (χ0n) is 22.2. The number of ether oxygens (including phenoxy) is 2. The molecule has 0 radical (unpaired) electrons. The maximum Gasteiger partial charge on any atom is 0.308 e. The van der Waals surface area contributed by atoms with E-state index in [1.807, 2.05) is 37.3 Å². The van der Waals surface area contributed by atoms with Crippen LogP contribution < -0.4 is 15.4 Å². The Kier molecular flexibility index (Phi) is 10.9. The van der Waals surface area contributed by atoms with Gasteiger partial charge in [0.05, 0.1) is 30.3 Å². The molecule has 0 spiro atoms. The second kappa shape index (κ2) is 14.1. The van der Waals surface area contributed by atoms with Crippen LogP contribution in [0.2, 0.25) is 5.02 Å². The number of carboxylic acids is 1. The molecule has 10 heteroatoms. The first-order valence-corrected chi connectivity index (χ1v) is 13.2. The summed E-state index contributed by atoms with van der Waals surface area (Å²) in [6.45, 7) is 3.31. The zero-order chi connectivity index (χ0) is 28.5. The Bertz CT molecular complexity index is 1170. The molecular formula is C29H35ClN2O7. The number of methoxy groups -OCH3 is 1. The van der Waals surface area contributed by atoms with Crippen LogP contribution in [0.1, 0.15) is 37.5 Å². The normalized spacial score (nSPS) is 22.3. The number of rotatable bonds is 12. The van der Waals surface area contributed by atoms with Gasteiger partial charge in [-0.05, 0) is 35.8 Å². The summed E-state index contributed by atoms with van der Waals surface area (Å²) in [6.07, 6.45) is 2.12. The lowest BCUT2D eigenvalue weighted by molar-refractivity contribution is -0.141. The van der Waals surface area contributed by atoms with Gasteiger partial charge >= 0.3 is 5.97 Å². The van der Waals surface area contributed by atoms with Gasteiger partial charge in [0.25, 0.3) is 0 Å². The van der Waals surface area contributed by atoms with Crippen molar-refractivity contribution in [3.63, 3.8) is 0 Å². The number of amides is 2. The number of nitrogens with one attached hydrogen (secondary N) is 2. The Labute approximate surface area is 233 Å². The largest absolute Gasteiger partial charge is 0.495 e. The fourth-order valence-electron chi connectivity index (χ4n) is 4.35. The highest BCUT2D eigenvalue weighted by molar-refractivity contribution is 6.32. The average molecular weight is 559 g/mol. The maximum atomic E-state index is 12.9. The summed E-state index contributed by atoms with van der Waals surface area (Å²) < 4.78 is 11.3. The Hall–Kier alpha value is -3.40. The van der Waals surface area contributed by atoms with E-state index in [0.717, 1.165) is 5.56 Å². The van der Waals surface area contributed by atoms with Gasteiger partial charge in [0, 0.05) is 18.9 Å². The van der Waals surface area contributed by atoms with Crippen molar-refractivity contribution in [2.45, 2.75) is 51.0 Å². The number of hydrogen-bond acceptors (Lipinski definition) is 6. The van der Waals surface area contributed by atoms with Crippen LogP contribution in [0.15, 0.2) is 60.7 Å². The zero-order valence-corrected chi connectivity index (χ0v) is 22.9. The predicted molar refractivity (Wildman–Crippen MR) is 146 cm³/mol.